The number of likely N-dealkylation sites (tertiary alicyclic amines) is 1. The summed E-state index contributed by atoms with van der Waals surface area (Å²) in [5.41, 5.74) is 0.999. The lowest BCUT2D eigenvalue weighted by Crippen LogP contribution is -2.41. The Morgan fingerprint density at radius 1 is 0.970 bits per heavy atom. The summed E-state index contributed by atoms with van der Waals surface area (Å²) in [5, 5.41) is 5.66. The average Bonchev–Trinajstić information content (AvgIpc) is 3.04. The van der Waals surface area contributed by atoms with Gasteiger partial charge in [-0.3, -0.25) is 24.1 Å². The zero-order chi connectivity index (χ0) is 23.4. The fourth-order valence-electron chi connectivity index (χ4n) is 4.86. The van der Waals surface area contributed by atoms with Crippen LogP contribution in [0.3, 0.4) is 0 Å². The van der Waals surface area contributed by atoms with Gasteiger partial charge in [0.15, 0.2) is 0 Å². The molecule has 1 saturated heterocycles. The van der Waals surface area contributed by atoms with E-state index in [0.29, 0.717) is 24.1 Å². The van der Waals surface area contributed by atoms with Crippen molar-refractivity contribution in [2.24, 2.45) is 5.41 Å². The second kappa shape index (κ2) is 9.57. The van der Waals surface area contributed by atoms with Crippen molar-refractivity contribution >= 4 is 29.3 Å². The van der Waals surface area contributed by atoms with Crippen LogP contribution in [-0.4, -0.2) is 35.1 Å². The predicted molar refractivity (Wildman–Crippen MR) is 124 cm³/mol. The Morgan fingerprint density at radius 2 is 1.64 bits per heavy atom. The molecule has 1 saturated carbocycles. The van der Waals surface area contributed by atoms with E-state index in [1.165, 1.54) is 0 Å². The lowest BCUT2D eigenvalue weighted by Gasteiger charge is -2.30. The summed E-state index contributed by atoms with van der Waals surface area (Å²) in [5.74, 6) is -1.34. The molecule has 0 radical (unpaired) electrons. The average molecular weight is 448 g/mol. The van der Waals surface area contributed by atoms with Crippen molar-refractivity contribution in [3.05, 3.63) is 65.7 Å². The topological polar surface area (TPSA) is 95.6 Å². The largest absolute Gasteiger partial charge is 0.345 e. The van der Waals surface area contributed by atoms with Crippen molar-refractivity contribution in [3.8, 4) is 0 Å². The van der Waals surface area contributed by atoms with E-state index in [9.17, 15) is 19.2 Å². The van der Waals surface area contributed by atoms with Gasteiger partial charge in [-0.05, 0) is 37.5 Å². The van der Waals surface area contributed by atoms with E-state index in [4.69, 9.17) is 0 Å². The molecule has 1 aliphatic carbocycles. The molecule has 2 aromatic rings. The van der Waals surface area contributed by atoms with E-state index in [2.05, 4.69) is 10.6 Å². The van der Waals surface area contributed by atoms with Crippen LogP contribution in [0, 0.1) is 5.41 Å². The Labute approximate surface area is 193 Å². The molecule has 2 aromatic carbocycles. The van der Waals surface area contributed by atoms with Crippen molar-refractivity contribution in [1.29, 1.82) is 0 Å². The van der Waals surface area contributed by atoms with Crippen molar-refractivity contribution in [1.82, 2.24) is 10.2 Å². The predicted octanol–water partition coefficient (Wildman–Crippen LogP) is 3.83. The molecule has 4 amide bonds. The van der Waals surface area contributed by atoms with E-state index >= 15 is 0 Å². The second-order valence-electron chi connectivity index (χ2n) is 9.00. The fraction of sp³-hybridized carbons (Fsp3) is 0.385. The molecular formula is C26H29N3O4. The van der Waals surface area contributed by atoms with E-state index in [0.717, 1.165) is 29.7 Å². The summed E-state index contributed by atoms with van der Waals surface area (Å²) in [4.78, 5) is 52.3. The monoisotopic (exact) mass is 447 g/mol. The number of hydrogen-bond acceptors (Lipinski definition) is 4. The van der Waals surface area contributed by atoms with Gasteiger partial charge in [0, 0.05) is 6.42 Å². The Bertz CT molecular complexity index is 1060. The summed E-state index contributed by atoms with van der Waals surface area (Å²) >= 11 is 0. The Balaban J connectivity index is 1.42. The van der Waals surface area contributed by atoms with E-state index in [1.807, 2.05) is 37.3 Å². The van der Waals surface area contributed by atoms with Crippen LogP contribution < -0.4 is 10.6 Å². The summed E-state index contributed by atoms with van der Waals surface area (Å²) in [6.07, 6.45) is 4.55. The standard InChI is InChI=1S/C26H29N3O4/c1-18(19-10-4-2-5-11-19)27-24(32)20-12-6-7-13-21(20)28-22(30)17-29-23(31)16-26(25(29)33)14-8-3-9-15-26/h2,4-7,10-13,18H,3,8-9,14-17H2,1H3,(H,27,32)(H,28,30)/t18-/m1/s1. The van der Waals surface area contributed by atoms with Crippen LogP contribution in [0.1, 0.15) is 67.4 Å². The lowest BCUT2D eigenvalue weighted by molar-refractivity contribution is -0.144. The highest BCUT2D eigenvalue weighted by Crippen LogP contribution is 2.45. The minimum absolute atomic E-state index is 0.190. The van der Waals surface area contributed by atoms with E-state index < -0.39 is 11.3 Å². The van der Waals surface area contributed by atoms with Gasteiger partial charge in [0.1, 0.15) is 6.54 Å². The van der Waals surface area contributed by atoms with Crippen LogP contribution in [-0.2, 0) is 14.4 Å². The summed E-state index contributed by atoms with van der Waals surface area (Å²) in [6.45, 7) is 1.55. The molecule has 33 heavy (non-hydrogen) atoms. The first-order valence-corrected chi connectivity index (χ1v) is 11.5. The molecule has 1 atom stereocenters. The van der Waals surface area contributed by atoms with Crippen LogP contribution in [0.5, 0.6) is 0 Å². The van der Waals surface area contributed by atoms with Gasteiger partial charge < -0.3 is 10.6 Å². The molecule has 2 fully saturated rings. The van der Waals surface area contributed by atoms with Gasteiger partial charge in [-0.15, -0.1) is 0 Å². The smallest absolute Gasteiger partial charge is 0.253 e. The summed E-state index contributed by atoms with van der Waals surface area (Å²) in [7, 11) is 0. The highest BCUT2D eigenvalue weighted by molar-refractivity contribution is 6.10. The molecule has 2 N–H and O–H groups in total. The van der Waals surface area contributed by atoms with Gasteiger partial charge >= 0.3 is 0 Å². The molecule has 0 aromatic heterocycles. The number of para-hydroxylation sites is 1. The SMILES string of the molecule is C[C@@H](NC(=O)c1ccccc1NC(=O)CN1C(=O)CC2(CCCCC2)C1=O)c1ccccc1. The summed E-state index contributed by atoms with van der Waals surface area (Å²) < 4.78 is 0. The molecule has 0 bridgehead atoms. The molecule has 172 valence electrons. The zero-order valence-electron chi connectivity index (χ0n) is 18.8. The molecule has 7 heteroatoms. The molecule has 1 aliphatic heterocycles. The molecule has 0 unspecified atom stereocenters. The number of anilines is 1. The van der Waals surface area contributed by atoms with Crippen LogP contribution >= 0.6 is 0 Å². The highest BCUT2D eigenvalue weighted by Gasteiger charge is 2.51. The van der Waals surface area contributed by atoms with Gasteiger partial charge in [0.2, 0.25) is 17.7 Å². The van der Waals surface area contributed by atoms with Gasteiger partial charge in [0.05, 0.1) is 22.7 Å². The first-order valence-electron chi connectivity index (χ1n) is 11.5. The van der Waals surface area contributed by atoms with Gasteiger partial charge in [0.25, 0.3) is 5.91 Å². The number of benzene rings is 2. The highest BCUT2D eigenvalue weighted by atomic mass is 16.2. The van der Waals surface area contributed by atoms with Gasteiger partial charge in [-0.2, -0.15) is 0 Å². The molecule has 1 spiro atoms. The van der Waals surface area contributed by atoms with E-state index in [1.54, 1.807) is 24.3 Å². The Hall–Kier alpha value is -3.48. The second-order valence-corrected chi connectivity index (χ2v) is 9.00. The Kier molecular flexibility index (Phi) is 6.58. The zero-order valence-corrected chi connectivity index (χ0v) is 18.8. The number of nitrogens with one attached hydrogen (secondary N) is 2. The first kappa shape index (κ1) is 22.7. The summed E-state index contributed by atoms with van der Waals surface area (Å²) in [6, 6.07) is 16.1. The Morgan fingerprint density at radius 3 is 2.36 bits per heavy atom. The number of carbonyl (C=O) groups excluding carboxylic acids is 4. The van der Waals surface area contributed by atoms with Crippen LogP contribution in [0.4, 0.5) is 5.69 Å². The first-order chi connectivity index (χ1) is 15.9. The normalized spacial score (nSPS) is 18.3. The number of imide groups is 1. The maximum Gasteiger partial charge on any atom is 0.253 e. The van der Waals surface area contributed by atoms with Crippen molar-refractivity contribution < 1.29 is 19.2 Å². The van der Waals surface area contributed by atoms with Crippen LogP contribution in [0.15, 0.2) is 54.6 Å². The fourth-order valence-corrected chi connectivity index (χ4v) is 4.86. The van der Waals surface area contributed by atoms with Crippen LogP contribution in [0.2, 0.25) is 0 Å². The van der Waals surface area contributed by atoms with Crippen LogP contribution in [0.25, 0.3) is 0 Å². The minimum atomic E-state index is -0.624. The molecular weight excluding hydrogens is 418 g/mol. The molecule has 2 aliphatic rings. The quantitative estimate of drug-likeness (QED) is 0.658. The van der Waals surface area contributed by atoms with Crippen molar-refractivity contribution in [2.75, 3.05) is 11.9 Å². The van der Waals surface area contributed by atoms with Gasteiger partial charge in [-0.1, -0.05) is 61.7 Å². The number of hydrogen-bond donors (Lipinski definition) is 2. The number of carbonyl (C=O) groups is 4. The third-order valence-corrected chi connectivity index (χ3v) is 6.69. The molecule has 1 heterocycles. The molecule has 7 nitrogen and oxygen atoms in total. The van der Waals surface area contributed by atoms with Gasteiger partial charge in [-0.25, -0.2) is 0 Å². The lowest BCUT2D eigenvalue weighted by atomic mass is 9.73. The number of nitrogens with zero attached hydrogens (tertiary/aromatic N) is 1. The van der Waals surface area contributed by atoms with Crippen molar-refractivity contribution in [2.45, 2.75) is 51.5 Å². The third-order valence-electron chi connectivity index (χ3n) is 6.69. The third kappa shape index (κ3) is 4.82. The number of rotatable bonds is 6. The maximum atomic E-state index is 13.0. The van der Waals surface area contributed by atoms with E-state index in [-0.39, 0.29) is 36.7 Å². The number of amides is 4. The van der Waals surface area contributed by atoms with Crippen molar-refractivity contribution in [3.63, 3.8) is 0 Å². The minimum Gasteiger partial charge on any atom is -0.345 e. The molecule has 4 rings (SSSR count). The maximum absolute atomic E-state index is 13.0.